The van der Waals surface area contributed by atoms with Crippen LogP contribution in [0.25, 0.3) is 11.3 Å². The number of rotatable bonds is 6. The summed E-state index contributed by atoms with van der Waals surface area (Å²) in [4.78, 5) is 11.8. The van der Waals surface area contributed by atoms with Crippen LogP contribution in [0.15, 0.2) is 34.7 Å². The molecule has 2 rings (SSSR count). The van der Waals surface area contributed by atoms with Crippen LogP contribution in [-0.4, -0.2) is 26.7 Å². The zero-order valence-corrected chi connectivity index (χ0v) is 12.4. The van der Waals surface area contributed by atoms with Gasteiger partial charge in [0, 0.05) is 12.1 Å². The summed E-state index contributed by atoms with van der Waals surface area (Å²) in [7, 11) is 3.16. The van der Waals surface area contributed by atoms with Gasteiger partial charge in [0.1, 0.15) is 5.76 Å². The first kappa shape index (κ1) is 15.0. The van der Waals surface area contributed by atoms with Gasteiger partial charge in [-0.2, -0.15) is 0 Å². The molecule has 0 aliphatic rings. The van der Waals surface area contributed by atoms with Crippen molar-refractivity contribution in [1.29, 1.82) is 0 Å². The Morgan fingerprint density at radius 1 is 1.14 bits per heavy atom. The van der Waals surface area contributed by atoms with Crippen LogP contribution >= 0.6 is 0 Å². The van der Waals surface area contributed by atoms with Gasteiger partial charge >= 0.3 is 0 Å². The zero-order chi connectivity index (χ0) is 15.2. The maximum Gasteiger partial charge on any atom is 0.287 e. The highest BCUT2D eigenvalue weighted by Crippen LogP contribution is 2.32. The molecule has 0 bridgehead atoms. The Hall–Kier alpha value is -2.43. The van der Waals surface area contributed by atoms with Crippen LogP contribution in [0.5, 0.6) is 11.5 Å². The highest BCUT2D eigenvalue weighted by Gasteiger charge is 2.13. The van der Waals surface area contributed by atoms with E-state index in [1.807, 2.05) is 19.1 Å². The van der Waals surface area contributed by atoms with E-state index in [0.717, 1.165) is 12.0 Å². The van der Waals surface area contributed by atoms with Crippen molar-refractivity contribution in [2.75, 3.05) is 20.8 Å². The predicted molar refractivity (Wildman–Crippen MR) is 79.9 cm³/mol. The lowest BCUT2D eigenvalue weighted by Gasteiger charge is -2.08. The quantitative estimate of drug-likeness (QED) is 0.887. The van der Waals surface area contributed by atoms with Crippen molar-refractivity contribution in [1.82, 2.24) is 5.32 Å². The fourth-order valence-corrected chi connectivity index (χ4v) is 1.93. The molecule has 0 aliphatic heterocycles. The summed E-state index contributed by atoms with van der Waals surface area (Å²) in [6, 6.07) is 8.89. The lowest BCUT2D eigenvalue weighted by Crippen LogP contribution is -2.23. The maximum atomic E-state index is 11.8. The Balaban J connectivity index is 2.23. The van der Waals surface area contributed by atoms with Crippen molar-refractivity contribution in [3.8, 4) is 22.8 Å². The second-order valence-electron chi connectivity index (χ2n) is 4.49. The standard InChI is InChI=1S/C16H19NO4/c1-4-9-17-16(18)14-8-7-12(21-14)11-5-6-13(19-2)15(10-11)20-3/h5-8,10H,4,9H2,1-3H3,(H,17,18). The Kier molecular flexibility index (Phi) is 4.87. The van der Waals surface area contributed by atoms with Crippen molar-refractivity contribution in [3.05, 3.63) is 36.1 Å². The van der Waals surface area contributed by atoms with Crippen molar-refractivity contribution in [2.24, 2.45) is 0 Å². The van der Waals surface area contributed by atoms with Gasteiger partial charge in [0.2, 0.25) is 0 Å². The minimum Gasteiger partial charge on any atom is -0.493 e. The summed E-state index contributed by atoms with van der Waals surface area (Å²) in [5.41, 5.74) is 0.821. The summed E-state index contributed by atoms with van der Waals surface area (Å²) in [6.07, 6.45) is 0.884. The van der Waals surface area contributed by atoms with E-state index >= 15 is 0 Å². The zero-order valence-electron chi connectivity index (χ0n) is 12.4. The van der Waals surface area contributed by atoms with Crippen LogP contribution in [0.2, 0.25) is 0 Å². The SMILES string of the molecule is CCCNC(=O)c1ccc(-c2ccc(OC)c(OC)c2)o1. The van der Waals surface area contributed by atoms with E-state index in [2.05, 4.69) is 5.32 Å². The number of benzene rings is 1. The molecule has 21 heavy (non-hydrogen) atoms. The summed E-state index contributed by atoms with van der Waals surface area (Å²) in [5.74, 6) is 1.96. The first-order chi connectivity index (χ1) is 10.2. The van der Waals surface area contributed by atoms with E-state index in [0.29, 0.717) is 29.6 Å². The molecule has 0 aliphatic carbocycles. The third-order valence-electron chi connectivity index (χ3n) is 3.03. The molecule has 1 N–H and O–H groups in total. The molecule has 1 aromatic heterocycles. The van der Waals surface area contributed by atoms with Gasteiger partial charge in [-0.25, -0.2) is 0 Å². The van der Waals surface area contributed by atoms with Crippen LogP contribution in [-0.2, 0) is 0 Å². The number of carbonyl (C=O) groups is 1. The molecule has 0 fully saturated rings. The molecule has 5 heteroatoms. The number of hydrogen-bond acceptors (Lipinski definition) is 4. The van der Waals surface area contributed by atoms with Crippen LogP contribution in [0.3, 0.4) is 0 Å². The Labute approximate surface area is 123 Å². The Morgan fingerprint density at radius 3 is 2.57 bits per heavy atom. The van der Waals surface area contributed by atoms with Gasteiger partial charge in [0.15, 0.2) is 17.3 Å². The van der Waals surface area contributed by atoms with E-state index in [-0.39, 0.29) is 5.91 Å². The average molecular weight is 289 g/mol. The molecule has 0 spiro atoms. The van der Waals surface area contributed by atoms with Crippen molar-refractivity contribution >= 4 is 5.91 Å². The molecular weight excluding hydrogens is 270 g/mol. The number of nitrogens with one attached hydrogen (secondary N) is 1. The first-order valence-electron chi connectivity index (χ1n) is 6.80. The van der Waals surface area contributed by atoms with E-state index in [1.54, 1.807) is 32.4 Å². The van der Waals surface area contributed by atoms with Crippen LogP contribution in [0.1, 0.15) is 23.9 Å². The summed E-state index contributed by atoms with van der Waals surface area (Å²) < 4.78 is 16.0. The van der Waals surface area contributed by atoms with Gasteiger partial charge in [0.05, 0.1) is 14.2 Å². The fraction of sp³-hybridized carbons (Fsp3) is 0.312. The number of carbonyl (C=O) groups excluding carboxylic acids is 1. The van der Waals surface area contributed by atoms with Gasteiger partial charge in [-0.15, -0.1) is 0 Å². The van der Waals surface area contributed by atoms with Crippen LogP contribution in [0.4, 0.5) is 0 Å². The van der Waals surface area contributed by atoms with Gasteiger partial charge in [-0.3, -0.25) is 4.79 Å². The molecule has 1 heterocycles. The largest absolute Gasteiger partial charge is 0.493 e. The third-order valence-corrected chi connectivity index (χ3v) is 3.03. The molecule has 1 amide bonds. The minimum atomic E-state index is -0.205. The van der Waals surface area contributed by atoms with Crippen molar-refractivity contribution in [3.63, 3.8) is 0 Å². The lowest BCUT2D eigenvalue weighted by molar-refractivity contribution is 0.0927. The maximum absolute atomic E-state index is 11.8. The molecule has 0 radical (unpaired) electrons. The molecular formula is C16H19NO4. The first-order valence-corrected chi connectivity index (χ1v) is 6.80. The highest BCUT2D eigenvalue weighted by atomic mass is 16.5. The Bertz CT molecular complexity index is 618. The monoisotopic (exact) mass is 289 g/mol. The molecule has 112 valence electrons. The topological polar surface area (TPSA) is 60.7 Å². The molecule has 0 saturated heterocycles. The number of ether oxygens (including phenoxy) is 2. The fourth-order valence-electron chi connectivity index (χ4n) is 1.93. The number of hydrogen-bond donors (Lipinski definition) is 1. The molecule has 0 unspecified atom stereocenters. The summed E-state index contributed by atoms with van der Waals surface area (Å²) in [6.45, 7) is 2.63. The molecule has 1 aromatic carbocycles. The summed E-state index contributed by atoms with van der Waals surface area (Å²) >= 11 is 0. The van der Waals surface area contributed by atoms with Gasteiger partial charge in [0.25, 0.3) is 5.91 Å². The van der Waals surface area contributed by atoms with Crippen LogP contribution in [0, 0.1) is 0 Å². The Morgan fingerprint density at radius 2 is 1.90 bits per heavy atom. The van der Waals surface area contributed by atoms with E-state index in [9.17, 15) is 4.79 Å². The van der Waals surface area contributed by atoms with E-state index < -0.39 is 0 Å². The lowest BCUT2D eigenvalue weighted by atomic mass is 10.1. The second-order valence-corrected chi connectivity index (χ2v) is 4.49. The van der Waals surface area contributed by atoms with Gasteiger partial charge in [-0.05, 0) is 36.8 Å². The molecule has 5 nitrogen and oxygen atoms in total. The number of methoxy groups -OCH3 is 2. The second kappa shape index (κ2) is 6.83. The number of amides is 1. The van der Waals surface area contributed by atoms with E-state index in [1.165, 1.54) is 0 Å². The van der Waals surface area contributed by atoms with Gasteiger partial charge in [-0.1, -0.05) is 6.92 Å². The molecule has 0 saturated carbocycles. The normalized spacial score (nSPS) is 10.2. The van der Waals surface area contributed by atoms with E-state index in [4.69, 9.17) is 13.9 Å². The minimum absolute atomic E-state index is 0.205. The van der Waals surface area contributed by atoms with Crippen molar-refractivity contribution in [2.45, 2.75) is 13.3 Å². The smallest absolute Gasteiger partial charge is 0.287 e. The summed E-state index contributed by atoms with van der Waals surface area (Å²) in [5, 5.41) is 2.78. The number of furan rings is 1. The highest BCUT2D eigenvalue weighted by molar-refractivity contribution is 5.92. The third kappa shape index (κ3) is 3.37. The predicted octanol–water partition coefficient (Wildman–Crippen LogP) is 3.10. The molecule has 2 aromatic rings. The van der Waals surface area contributed by atoms with Gasteiger partial charge < -0.3 is 19.2 Å². The van der Waals surface area contributed by atoms with Crippen molar-refractivity contribution < 1.29 is 18.7 Å². The average Bonchev–Trinajstić information content (AvgIpc) is 3.01. The van der Waals surface area contributed by atoms with Crippen LogP contribution < -0.4 is 14.8 Å². The molecule has 0 atom stereocenters.